The van der Waals surface area contributed by atoms with E-state index in [1.54, 1.807) is 0 Å². The molecule has 1 unspecified atom stereocenters. The number of ether oxygens (including phenoxy) is 1. The first-order chi connectivity index (χ1) is 9.31. The number of aliphatic hydroxyl groups is 1. The molecule has 0 saturated heterocycles. The maximum atomic E-state index is 12.0. The van der Waals surface area contributed by atoms with Gasteiger partial charge in [0.1, 0.15) is 0 Å². The monoisotopic (exact) mass is 263 g/mol. The molecule has 19 heavy (non-hydrogen) atoms. The largest absolute Gasteiger partial charge is 0.394 e. The highest BCUT2D eigenvalue weighted by atomic mass is 16.5. The quantitative estimate of drug-likeness (QED) is 0.750. The molecule has 0 heterocycles. The third-order valence-electron chi connectivity index (χ3n) is 3.50. The SMILES string of the molecule is O=C(NCCOCCO)C1CCc2ccccc2C1. The molecule has 0 fully saturated rings. The molecule has 104 valence electrons. The summed E-state index contributed by atoms with van der Waals surface area (Å²) in [6, 6.07) is 8.34. The molecule has 2 rings (SSSR count). The Kier molecular flexibility index (Phi) is 5.36. The fraction of sp³-hybridized carbons (Fsp3) is 0.533. The van der Waals surface area contributed by atoms with Crippen LogP contribution in [0.4, 0.5) is 0 Å². The maximum Gasteiger partial charge on any atom is 0.223 e. The van der Waals surface area contributed by atoms with Crippen LogP contribution >= 0.6 is 0 Å². The summed E-state index contributed by atoms with van der Waals surface area (Å²) in [5.74, 6) is 0.190. The van der Waals surface area contributed by atoms with Crippen molar-refractivity contribution in [1.29, 1.82) is 0 Å². The van der Waals surface area contributed by atoms with Gasteiger partial charge < -0.3 is 15.2 Å². The van der Waals surface area contributed by atoms with Gasteiger partial charge in [-0.3, -0.25) is 4.79 Å². The molecule has 4 heteroatoms. The second-order valence-electron chi connectivity index (χ2n) is 4.84. The van der Waals surface area contributed by atoms with E-state index in [2.05, 4.69) is 23.5 Å². The molecule has 4 nitrogen and oxygen atoms in total. The zero-order valence-corrected chi connectivity index (χ0v) is 11.1. The van der Waals surface area contributed by atoms with Crippen molar-refractivity contribution in [2.24, 2.45) is 5.92 Å². The van der Waals surface area contributed by atoms with Crippen molar-refractivity contribution in [2.45, 2.75) is 19.3 Å². The Bertz CT molecular complexity index is 420. The van der Waals surface area contributed by atoms with Crippen LogP contribution < -0.4 is 5.32 Å². The molecule has 2 N–H and O–H groups in total. The van der Waals surface area contributed by atoms with Gasteiger partial charge in [-0.15, -0.1) is 0 Å². The summed E-state index contributed by atoms with van der Waals surface area (Å²) in [6.07, 6.45) is 2.73. The van der Waals surface area contributed by atoms with Gasteiger partial charge in [0.05, 0.1) is 19.8 Å². The molecule has 0 radical (unpaired) electrons. The van der Waals surface area contributed by atoms with Crippen molar-refractivity contribution in [3.8, 4) is 0 Å². The summed E-state index contributed by atoms with van der Waals surface area (Å²) in [5.41, 5.74) is 2.67. The number of carbonyl (C=O) groups excluding carboxylic acids is 1. The second-order valence-corrected chi connectivity index (χ2v) is 4.84. The van der Waals surface area contributed by atoms with E-state index in [0.717, 1.165) is 19.3 Å². The zero-order valence-electron chi connectivity index (χ0n) is 11.1. The molecule has 0 aromatic heterocycles. The van der Waals surface area contributed by atoms with Crippen LogP contribution in [0.5, 0.6) is 0 Å². The van der Waals surface area contributed by atoms with Crippen molar-refractivity contribution in [3.63, 3.8) is 0 Å². The van der Waals surface area contributed by atoms with Crippen LogP contribution in [-0.4, -0.2) is 37.4 Å². The lowest BCUT2D eigenvalue weighted by Gasteiger charge is -2.23. The first kappa shape index (κ1) is 14.0. The fourth-order valence-corrected chi connectivity index (χ4v) is 2.48. The lowest BCUT2D eigenvalue weighted by Crippen LogP contribution is -2.36. The van der Waals surface area contributed by atoms with Gasteiger partial charge in [-0.2, -0.15) is 0 Å². The molecule has 1 aromatic rings. The van der Waals surface area contributed by atoms with Gasteiger partial charge in [0, 0.05) is 12.5 Å². The van der Waals surface area contributed by atoms with E-state index in [1.165, 1.54) is 11.1 Å². The summed E-state index contributed by atoms with van der Waals surface area (Å²) >= 11 is 0. The molecule has 1 aromatic carbocycles. The number of benzene rings is 1. The molecule has 1 aliphatic carbocycles. The van der Waals surface area contributed by atoms with Crippen molar-refractivity contribution >= 4 is 5.91 Å². The summed E-state index contributed by atoms with van der Waals surface area (Å²) < 4.78 is 5.11. The van der Waals surface area contributed by atoms with Gasteiger partial charge in [0.25, 0.3) is 0 Å². The van der Waals surface area contributed by atoms with Crippen molar-refractivity contribution in [3.05, 3.63) is 35.4 Å². The highest BCUT2D eigenvalue weighted by molar-refractivity contribution is 5.79. The summed E-state index contributed by atoms with van der Waals surface area (Å²) in [6.45, 7) is 1.31. The third-order valence-corrected chi connectivity index (χ3v) is 3.50. The molecule has 0 spiro atoms. The Hall–Kier alpha value is -1.39. The number of aryl methyl sites for hydroxylation is 1. The summed E-state index contributed by atoms with van der Waals surface area (Å²) in [4.78, 5) is 12.0. The van der Waals surface area contributed by atoms with E-state index in [9.17, 15) is 4.79 Å². The Morgan fingerprint density at radius 1 is 1.32 bits per heavy atom. The number of aliphatic hydroxyl groups excluding tert-OH is 1. The van der Waals surface area contributed by atoms with Crippen LogP contribution in [0.3, 0.4) is 0 Å². The second kappa shape index (κ2) is 7.26. The molecule has 0 bridgehead atoms. The van der Waals surface area contributed by atoms with Crippen molar-refractivity contribution in [2.75, 3.05) is 26.4 Å². The molecule has 1 atom stereocenters. The average molecular weight is 263 g/mol. The summed E-state index contributed by atoms with van der Waals surface area (Å²) in [5, 5.41) is 11.5. The van der Waals surface area contributed by atoms with Crippen LogP contribution in [0, 0.1) is 5.92 Å². The van der Waals surface area contributed by atoms with Crippen LogP contribution in [0.25, 0.3) is 0 Å². The highest BCUT2D eigenvalue weighted by Crippen LogP contribution is 2.25. The Morgan fingerprint density at radius 3 is 2.89 bits per heavy atom. The first-order valence-corrected chi connectivity index (χ1v) is 6.84. The topological polar surface area (TPSA) is 58.6 Å². The number of nitrogens with one attached hydrogen (secondary N) is 1. The number of amides is 1. The van der Waals surface area contributed by atoms with E-state index in [-0.39, 0.29) is 18.4 Å². The van der Waals surface area contributed by atoms with Gasteiger partial charge >= 0.3 is 0 Å². The average Bonchev–Trinajstić information content (AvgIpc) is 2.46. The molecular formula is C15H21NO3. The predicted molar refractivity (Wildman–Crippen MR) is 72.9 cm³/mol. The highest BCUT2D eigenvalue weighted by Gasteiger charge is 2.23. The van der Waals surface area contributed by atoms with Gasteiger partial charge in [-0.05, 0) is 30.4 Å². The van der Waals surface area contributed by atoms with Gasteiger partial charge in [0.15, 0.2) is 0 Å². The van der Waals surface area contributed by atoms with Gasteiger partial charge in [-0.1, -0.05) is 24.3 Å². The van der Waals surface area contributed by atoms with E-state index in [0.29, 0.717) is 19.8 Å². The van der Waals surface area contributed by atoms with Gasteiger partial charge in [-0.25, -0.2) is 0 Å². The molecule has 1 aliphatic rings. The number of carbonyl (C=O) groups is 1. The van der Waals surface area contributed by atoms with E-state index >= 15 is 0 Å². The number of fused-ring (bicyclic) bond motifs is 1. The van der Waals surface area contributed by atoms with Crippen molar-refractivity contribution < 1.29 is 14.6 Å². The molecule has 1 amide bonds. The molecule has 0 aliphatic heterocycles. The minimum Gasteiger partial charge on any atom is -0.394 e. The predicted octanol–water partition coefficient (Wildman–Crippen LogP) is 0.917. The Labute approximate surface area is 113 Å². The number of hydrogen-bond donors (Lipinski definition) is 2. The summed E-state index contributed by atoms with van der Waals surface area (Å²) in [7, 11) is 0. The van der Waals surface area contributed by atoms with Crippen LogP contribution in [0.15, 0.2) is 24.3 Å². The van der Waals surface area contributed by atoms with Crippen LogP contribution in [0.1, 0.15) is 17.5 Å². The fourth-order valence-electron chi connectivity index (χ4n) is 2.48. The molecular weight excluding hydrogens is 242 g/mol. The van der Waals surface area contributed by atoms with Crippen LogP contribution in [-0.2, 0) is 22.4 Å². The van der Waals surface area contributed by atoms with E-state index in [1.807, 2.05) is 6.07 Å². The van der Waals surface area contributed by atoms with E-state index < -0.39 is 0 Å². The Balaban J connectivity index is 1.76. The minimum absolute atomic E-state index is 0.0212. The lowest BCUT2D eigenvalue weighted by atomic mass is 9.83. The normalized spacial score (nSPS) is 17.8. The van der Waals surface area contributed by atoms with Crippen molar-refractivity contribution in [1.82, 2.24) is 5.32 Å². The number of rotatable bonds is 6. The minimum atomic E-state index is 0.0212. The Morgan fingerprint density at radius 2 is 2.11 bits per heavy atom. The smallest absolute Gasteiger partial charge is 0.223 e. The molecule has 0 saturated carbocycles. The third kappa shape index (κ3) is 4.04. The standard InChI is InChI=1S/C15H21NO3/c17-8-10-19-9-7-16-15(18)14-6-5-12-3-1-2-4-13(12)11-14/h1-4,14,17H,5-11H2,(H,16,18). The van der Waals surface area contributed by atoms with E-state index in [4.69, 9.17) is 9.84 Å². The zero-order chi connectivity index (χ0) is 13.5. The maximum absolute atomic E-state index is 12.0. The lowest BCUT2D eigenvalue weighted by molar-refractivity contribution is -0.125. The van der Waals surface area contributed by atoms with Gasteiger partial charge in [0.2, 0.25) is 5.91 Å². The van der Waals surface area contributed by atoms with Crippen LogP contribution in [0.2, 0.25) is 0 Å². The number of hydrogen-bond acceptors (Lipinski definition) is 3. The first-order valence-electron chi connectivity index (χ1n) is 6.84.